The molecular formula is C14H12F3IN2. The van der Waals surface area contributed by atoms with Crippen LogP contribution in [0.1, 0.15) is 22.7 Å². The monoisotopic (exact) mass is 392 g/mol. The van der Waals surface area contributed by atoms with Crippen LogP contribution in [-0.4, -0.2) is 12.0 Å². The minimum absolute atomic E-state index is 0.129. The van der Waals surface area contributed by atoms with E-state index in [1.807, 2.05) is 18.2 Å². The van der Waals surface area contributed by atoms with Crippen molar-refractivity contribution in [3.8, 4) is 0 Å². The van der Waals surface area contributed by atoms with Gasteiger partial charge in [0.05, 0.1) is 11.6 Å². The molecule has 2 nitrogen and oxygen atoms in total. The van der Waals surface area contributed by atoms with Crippen LogP contribution in [0.25, 0.3) is 0 Å². The zero-order valence-electron chi connectivity index (χ0n) is 10.6. The highest BCUT2D eigenvalue weighted by atomic mass is 127. The van der Waals surface area contributed by atoms with Gasteiger partial charge in [0.1, 0.15) is 0 Å². The van der Waals surface area contributed by atoms with E-state index in [0.717, 1.165) is 21.4 Å². The number of nitrogens with one attached hydrogen (secondary N) is 1. The van der Waals surface area contributed by atoms with Gasteiger partial charge in [0.2, 0.25) is 0 Å². The van der Waals surface area contributed by atoms with Crippen molar-refractivity contribution in [1.82, 2.24) is 10.3 Å². The van der Waals surface area contributed by atoms with Gasteiger partial charge in [-0.15, -0.1) is 0 Å². The summed E-state index contributed by atoms with van der Waals surface area (Å²) in [5.74, 6) is 0. The maximum atomic E-state index is 13.1. The average Bonchev–Trinajstić information content (AvgIpc) is 2.39. The Balaban J connectivity index is 2.53. The molecule has 0 aliphatic rings. The Morgan fingerprint density at radius 3 is 2.60 bits per heavy atom. The lowest BCUT2D eigenvalue weighted by Crippen LogP contribution is -2.22. The van der Waals surface area contributed by atoms with E-state index in [1.54, 1.807) is 13.1 Å². The summed E-state index contributed by atoms with van der Waals surface area (Å²) in [7, 11) is 1.64. The molecule has 0 aliphatic carbocycles. The molecule has 0 saturated carbocycles. The maximum Gasteiger partial charge on any atom is 0.416 e. The Kier molecular flexibility index (Phi) is 4.64. The lowest BCUT2D eigenvalue weighted by atomic mass is 9.96. The molecule has 106 valence electrons. The molecule has 1 heterocycles. The average molecular weight is 392 g/mol. The highest BCUT2D eigenvalue weighted by Crippen LogP contribution is 2.36. The summed E-state index contributed by atoms with van der Waals surface area (Å²) < 4.78 is 40.2. The number of rotatable bonds is 3. The van der Waals surface area contributed by atoms with Crippen molar-refractivity contribution < 1.29 is 13.2 Å². The van der Waals surface area contributed by atoms with Crippen LogP contribution in [0.5, 0.6) is 0 Å². The quantitative estimate of drug-likeness (QED) is 0.799. The third-order valence-electron chi connectivity index (χ3n) is 2.94. The third-order valence-corrected chi connectivity index (χ3v) is 3.61. The molecule has 1 N–H and O–H groups in total. The fourth-order valence-electron chi connectivity index (χ4n) is 2.08. The highest BCUT2D eigenvalue weighted by Gasteiger charge is 2.35. The molecule has 20 heavy (non-hydrogen) atoms. The van der Waals surface area contributed by atoms with Gasteiger partial charge < -0.3 is 5.32 Å². The second kappa shape index (κ2) is 6.09. The molecule has 0 aliphatic heterocycles. The Hall–Kier alpha value is -1.15. The van der Waals surface area contributed by atoms with Crippen LogP contribution < -0.4 is 5.32 Å². The molecule has 0 amide bonds. The van der Waals surface area contributed by atoms with Gasteiger partial charge in [0.25, 0.3) is 0 Å². The molecule has 1 atom stereocenters. The second-order valence-electron chi connectivity index (χ2n) is 4.24. The first-order chi connectivity index (χ1) is 9.43. The van der Waals surface area contributed by atoms with E-state index in [-0.39, 0.29) is 5.56 Å². The molecule has 1 aromatic carbocycles. The molecular weight excluding hydrogens is 380 g/mol. The van der Waals surface area contributed by atoms with E-state index in [9.17, 15) is 13.2 Å². The van der Waals surface area contributed by atoms with E-state index >= 15 is 0 Å². The van der Waals surface area contributed by atoms with Gasteiger partial charge in [-0.05, 0) is 53.4 Å². The summed E-state index contributed by atoms with van der Waals surface area (Å²) in [5, 5.41) is 2.93. The van der Waals surface area contributed by atoms with Crippen molar-refractivity contribution in [2.45, 2.75) is 12.2 Å². The first kappa shape index (κ1) is 15.2. The smallest absolute Gasteiger partial charge is 0.309 e. The zero-order valence-corrected chi connectivity index (χ0v) is 12.7. The van der Waals surface area contributed by atoms with Gasteiger partial charge in [-0.1, -0.05) is 12.1 Å². The number of hydrogen-bond donors (Lipinski definition) is 1. The summed E-state index contributed by atoms with van der Waals surface area (Å²) in [6, 6.07) is 7.84. The minimum Gasteiger partial charge on any atom is -0.309 e. The largest absolute Gasteiger partial charge is 0.416 e. The Morgan fingerprint density at radius 1 is 1.25 bits per heavy atom. The van der Waals surface area contributed by atoms with Gasteiger partial charge in [0, 0.05) is 21.5 Å². The van der Waals surface area contributed by atoms with Gasteiger partial charge in [0.15, 0.2) is 0 Å². The topological polar surface area (TPSA) is 24.9 Å². The number of halogens is 4. The summed E-state index contributed by atoms with van der Waals surface area (Å²) in [6.07, 6.45) is -1.97. The van der Waals surface area contributed by atoms with Crippen molar-refractivity contribution >= 4 is 22.6 Å². The predicted molar refractivity (Wildman–Crippen MR) is 79.3 cm³/mol. The molecule has 2 aromatic rings. The van der Waals surface area contributed by atoms with E-state index in [4.69, 9.17) is 0 Å². The van der Waals surface area contributed by atoms with Gasteiger partial charge >= 0.3 is 6.18 Å². The predicted octanol–water partition coefficient (Wildman–Crippen LogP) is 4.01. The van der Waals surface area contributed by atoms with Crippen LogP contribution in [-0.2, 0) is 6.18 Å². The summed E-state index contributed by atoms with van der Waals surface area (Å²) >= 11 is 2.13. The fraction of sp³-hybridized carbons (Fsp3) is 0.214. The van der Waals surface area contributed by atoms with Crippen LogP contribution >= 0.6 is 22.6 Å². The van der Waals surface area contributed by atoms with Crippen LogP contribution in [0.4, 0.5) is 13.2 Å². The standard InChI is InChI=1S/C14H12F3IN2/c1-19-13(9-3-2-4-10(18)7-9)11-8-20-6-5-12(11)14(15,16)17/h2-8,13,19H,1H3. The molecule has 2 rings (SSSR count). The molecule has 0 bridgehead atoms. The van der Waals surface area contributed by atoms with Crippen LogP contribution in [0.3, 0.4) is 0 Å². The third kappa shape index (κ3) is 3.29. The minimum atomic E-state index is -4.39. The molecule has 0 radical (unpaired) electrons. The lowest BCUT2D eigenvalue weighted by molar-refractivity contribution is -0.138. The molecule has 0 fully saturated rings. The summed E-state index contributed by atoms with van der Waals surface area (Å²) in [4.78, 5) is 3.83. The second-order valence-corrected chi connectivity index (χ2v) is 5.48. The van der Waals surface area contributed by atoms with Crippen LogP contribution in [0, 0.1) is 3.57 Å². The van der Waals surface area contributed by atoms with Gasteiger partial charge in [-0.2, -0.15) is 13.2 Å². The number of pyridine rings is 1. The van der Waals surface area contributed by atoms with E-state index < -0.39 is 17.8 Å². The number of nitrogens with zero attached hydrogens (tertiary/aromatic N) is 1. The number of aromatic nitrogens is 1. The van der Waals surface area contributed by atoms with E-state index in [2.05, 4.69) is 32.9 Å². The van der Waals surface area contributed by atoms with Crippen molar-refractivity contribution in [3.63, 3.8) is 0 Å². The van der Waals surface area contributed by atoms with Crippen molar-refractivity contribution in [2.24, 2.45) is 0 Å². The SMILES string of the molecule is CNC(c1cccc(I)c1)c1cnccc1C(F)(F)F. The number of alkyl halides is 3. The lowest BCUT2D eigenvalue weighted by Gasteiger charge is -2.21. The Bertz CT molecular complexity index is 599. The fourth-order valence-corrected chi connectivity index (χ4v) is 2.65. The van der Waals surface area contributed by atoms with Gasteiger partial charge in [-0.3, -0.25) is 4.98 Å². The normalized spacial score (nSPS) is 13.2. The maximum absolute atomic E-state index is 13.1. The molecule has 6 heteroatoms. The van der Waals surface area contributed by atoms with Crippen molar-refractivity contribution in [3.05, 3.63) is 63.0 Å². The van der Waals surface area contributed by atoms with Crippen molar-refractivity contribution in [1.29, 1.82) is 0 Å². The molecule has 1 aromatic heterocycles. The Morgan fingerprint density at radius 2 is 2.00 bits per heavy atom. The van der Waals surface area contributed by atoms with E-state index in [1.165, 1.54) is 6.20 Å². The number of benzene rings is 1. The molecule has 1 unspecified atom stereocenters. The molecule has 0 saturated heterocycles. The first-order valence-electron chi connectivity index (χ1n) is 5.87. The Labute approximate surface area is 128 Å². The van der Waals surface area contributed by atoms with Crippen molar-refractivity contribution in [2.75, 3.05) is 7.05 Å². The number of hydrogen-bond acceptors (Lipinski definition) is 2. The van der Waals surface area contributed by atoms with Crippen LogP contribution in [0.2, 0.25) is 0 Å². The van der Waals surface area contributed by atoms with Gasteiger partial charge in [-0.25, -0.2) is 0 Å². The summed E-state index contributed by atoms with van der Waals surface area (Å²) in [6.45, 7) is 0. The highest BCUT2D eigenvalue weighted by molar-refractivity contribution is 14.1. The summed E-state index contributed by atoms with van der Waals surface area (Å²) in [5.41, 5.74) is 0.244. The first-order valence-corrected chi connectivity index (χ1v) is 6.95. The zero-order chi connectivity index (χ0) is 14.8. The van der Waals surface area contributed by atoms with E-state index in [0.29, 0.717) is 0 Å². The van der Waals surface area contributed by atoms with Crippen LogP contribution in [0.15, 0.2) is 42.7 Å². The molecule has 0 spiro atoms.